The van der Waals surface area contributed by atoms with Crippen molar-refractivity contribution in [2.75, 3.05) is 13.2 Å². The van der Waals surface area contributed by atoms with Gasteiger partial charge in [-0.3, -0.25) is 9.69 Å². The zero-order valence-corrected chi connectivity index (χ0v) is 14.4. The first-order valence-corrected chi connectivity index (χ1v) is 8.58. The Hall–Kier alpha value is -1.92. The van der Waals surface area contributed by atoms with Crippen LogP contribution in [0, 0.1) is 0 Å². The van der Waals surface area contributed by atoms with E-state index >= 15 is 0 Å². The van der Waals surface area contributed by atoms with Crippen molar-refractivity contribution in [3.63, 3.8) is 0 Å². The first kappa shape index (κ1) is 17.9. The van der Waals surface area contributed by atoms with Crippen LogP contribution in [0.25, 0.3) is 11.1 Å². The Morgan fingerprint density at radius 1 is 1.24 bits per heavy atom. The topological polar surface area (TPSA) is 86.8 Å². The van der Waals surface area contributed by atoms with Crippen molar-refractivity contribution in [2.45, 2.75) is 24.6 Å². The molecule has 1 fully saturated rings. The number of nitrogens with zero attached hydrogens (tertiary/aromatic N) is 1. The predicted molar refractivity (Wildman–Crippen MR) is 97.0 cm³/mol. The molecule has 1 amide bonds. The third-order valence-electron chi connectivity index (χ3n) is 4.70. The van der Waals surface area contributed by atoms with Crippen LogP contribution in [0.2, 0.25) is 5.02 Å². The molecule has 3 atom stereocenters. The minimum atomic E-state index is -0.617. The molecule has 25 heavy (non-hydrogen) atoms. The zero-order chi connectivity index (χ0) is 18.0. The van der Waals surface area contributed by atoms with Crippen LogP contribution in [0.5, 0.6) is 0 Å². The number of β-amino-alcohol motifs (C(OH)–C–C–N with tert-alkyl or cyclic N) is 1. The van der Waals surface area contributed by atoms with E-state index in [1.807, 2.05) is 48.5 Å². The number of aliphatic hydroxyl groups is 2. The monoisotopic (exact) mass is 360 g/mol. The molecule has 0 radical (unpaired) electrons. The number of likely N-dealkylation sites (tertiary alicyclic amines) is 1. The van der Waals surface area contributed by atoms with Crippen LogP contribution in [-0.2, 0) is 4.79 Å². The Balaban J connectivity index is 1.87. The minimum absolute atomic E-state index is 0.165. The molecule has 132 valence electrons. The van der Waals surface area contributed by atoms with E-state index in [9.17, 15) is 15.0 Å². The molecule has 4 N–H and O–H groups in total. The van der Waals surface area contributed by atoms with Gasteiger partial charge in [-0.05, 0) is 23.6 Å². The molecule has 2 unspecified atom stereocenters. The number of halogens is 1. The molecule has 0 spiro atoms. The summed E-state index contributed by atoms with van der Waals surface area (Å²) in [5, 5.41) is 20.4. The van der Waals surface area contributed by atoms with Crippen LogP contribution in [-0.4, -0.2) is 46.3 Å². The molecule has 1 aliphatic rings. The van der Waals surface area contributed by atoms with Crippen molar-refractivity contribution in [2.24, 2.45) is 5.73 Å². The quantitative estimate of drug-likeness (QED) is 0.760. The number of benzene rings is 2. The molecule has 1 heterocycles. The van der Waals surface area contributed by atoms with Gasteiger partial charge in [-0.1, -0.05) is 54.1 Å². The number of hydrogen-bond acceptors (Lipinski definition) is 4. The van der Waals surface area contributed by atoms with E-state index in [-0.39, 0.29) is 6.61 Å². The minimum Gasteiger partial charge on any atom is -0.394 e. The number of carbonyl (C=O) groups excluding carboxylic acids is 1. The van der Waals surface area contributed by atoms with E-state index in [1.54, 1.807) is 4.90 Å². The van der Waals surface area contributed by atoms with Crippen molar-refractivity contribution < 1.29 is 15.0 Å². The number of aliphatic hydroxyl groups excluding tert-OH is 2. The second-order valence-corrected chi connectivity index (χ2v) is 6.71. The molecule has 1 aliphatic heterocycles. The van der Waals surface area contributed by atoms with Gasteiger partial charge in [0, 0.05) is 17.1 Å². The van der Waals surface area contributed by atoms with Crippen molar-refractivity contribution in [1.29, 1.82) is 0 Å². The van der Waals surface area contributed by atoms with Crippen molar-refractivity contribution in [1.82, 2.24) is 4.90 Å². The summed E-state index contributed by atoms with van der Waals surface area (Å²) < 4.78 is 0. The number of rotatable bonds is 5. The Morgan fingerprint density at radius 3 is 2.52 bits per heavy atom. The molecule has 6 heteroatoms. The molecule has 2 aromatic carbocycles. The normalized spacial score (nSPS) is 22.0. The number of amides is 1. The Kier molecular flexibility index (Phi) is 5.39. The number of hydrogen-bond donors (Lipinski definition) is 3. The molecule has 2 aromatic rings. The van der Waals surface area contributed by atoms with E-state index in [0.717, 1.165) is 16.7 Å². The average molecular weight is 361 g/mol. The Bertz CT molecular complexity index is 751. The highest BCUT2D eigenvalue weighted by Gasteiger charge is 2.39. The van der Waals surface area contributed by atoms with Gasteiger partial charge in [0.1, 0.15) is 0 Å². The lowest BCUT2D eigenvalue weighted by Crippen LogP contribution is -2.43. The predicted octanol–water partition coefficient (Wildman–Crippen LogP) is 1.96. The van der Waals surface area contributed by atoms with Crippen LogP contribution in [0.3, 0.4) is 0 Å². The molecule has 3 rings (SSSR count). The van der Waals surface area contributed by atoms with Gasteiger partial charge in [-0.15, -0.1) is 0 Å². The molecule has 0 aromatic heterocycles. The number of primary amides is 1. The summed E-state index contributed by atoms with van der Waals surface area (Å²) in [7, 11) is 0. The van der Waals surface area contributed by atoms with Crippen LogP contribution in [0.15, 0.2) is 48.5 Å². The van der Waals surface area contributed by atoms with Gasteiger partial charge in [0.05, 0.1) is 24.8 Å². The summed E-state index contributed by atoms with van der Waals surface area (Å²) in [4.78, 5) is 13.4. The molecule has 0 bridgehead atoms. The van der Waals surface area contributed by atoms with Gasteiger partial charge in [0.25, 0.3) is 0 Å². The summed E-state index contributed by atoms with van der Waals surface area (Å²) in [6, 6.07) is 14.3. The van der Waals surface area contributed by atoms with Gasteiger partial charge < -0.3 is 15.9 Å². The Labute approximate surface area is 151 Å². The standard InChI is InChI=1S/C19H21ClN2O3/c20-16-4-2-1-3-15(16)12-5-7-13(8-6-12)18(11-23)22-10-14(24)9-17(22)19(21)25/h1-8,14,17-18,23-24H,9-11H2,(H2,21,25)/t14?,17?,18-/m0/s1. The smallest absolute Gasteiger partial charge is 0.234 e. The van der Waals surface area contributed by atoms with Crippen molar-refractivity contribution in [3.05, 3.63) is 59.1 Å². The largest absolute Gasteiger partial charge is 0.394 e. The lowest BCUT2D eigenvalue weighted by molar-refractivity contribution is -0.123. The van der Waals surface area contributed by atoms with Gasteiger partial charge in [-0.25, -0.2) is 0 Å². The van der Waals surface area contributed by atoms with Crippen molar-refractivity contribution in [3.8, 4) is 11.1 Å². The van der Waals surface area contributed by atoms with Crippen LogP contribution >= 0.6 is 11.6 Å². The summed E-state index contributed by atoms with van der Waals surface area (Å²) in [5.41, 5.74) is 8.21. The fourth-order valence-corrected chi connectivity index (χ4v) is 3.69. The number of nitrogens with two attached hydrogens (primary N) is 1. The molecule has 1 saturated heterocycles. The maximum Gasteiger partial charge on any atom is 0.234 e. The molecule has 0 aliphatic carbocycles. The fourth-order valence-electron chi connectivity index (χ4n) is 3.44. The molecule has 0 saturated carbocycles. The van der Waals surface area contributed by atoms with Gasteiger partial charge in [0.2, 0.25) is 5.91 Å². The highest BCUT2D eigenvalue weighted by atomic mass is 35.5. The maximum atomic E-state index is 11.7. The summed E-state index contributed by atoms with van der Waals surface area (Å²) in [6.45, 7) is 0.146. The van der Waals surface area contributed by atoms with E-state index in [1.165, 1.54) is 0 Å². The van der Waals surface area contributed by atoms with Crippen LogP contribution < -0.4 is 5.73 Å². The summed E-state index contributed by atoms with van der Waals surface area (Å²) in [6.07, 6.45) is -0.322. The highest BCUT2D eigenvalue weighted by molar-refractivity contribution is 6.33. The van der Waals surface area contributed by atoms with Crippen LogP contribution in [0.1, 0.15) is 18.0 Å². The highest BCUT2D eigenvalue weighted by Crippen LogP contribution is 2.32. The Morgan fingerprint density at radius 2 is 1.92 bits per heavy atom. The molecular formula is C19H21ClN2O3. The van der Waals surface area contributed by atoms with Crippen LogP contribution in [0.4, 0.5) is 0 Å². The first-order chi connectivity index (χ1) is 12.0. The molecule has 5 nitrogen and oxygen atoms in total. The summed E-state index contributed by atoms with van der Waals surface area (Å²) in [5.74, 6) is -0.484. The van der Waals surface area contributed by atoms with Gasteiger partial charge >= 0.3 is 0 Å². The third-order valence-corrected chi connectivity index (χ3v) is 5.03. The lowest BCUT2D eigenvalue weighted by atomic mass is 9.99. The van der Waals surface area contributed by atoms with E-state index in [0.29, 0.717) is 18.0 Å². The van der Waals surface area contributed by atoms with Gasteiger partial charge in [-0.2, -0.15) is 0 Å². The van der Waals surface area contributed by atoms with E-state index < -0.39 is 24.1 Å². The summed E-state index contributed by atoms with van der Waals surface area (Å²) >= 11 is 6.23. The van der Waals surface area contributed by atoms with Gasteiger partial charge in [0.15, 0.2) is 0 Å². The fraction of sp³-hybridized carbons (Fsp3) is 0.316. The van der Waals surface area contributed by atoms with Crippen molar-refractivity contribution >= 4 is 17.5 Å². The lowest BCUT2D eigenvalue weighted by Gasteiger charge is -2.30. The maximum absolute atomic E-state index is 11.7. The van der Waals surface area contributed by atoms with E-state index in [4.69, 9.17) is 17.3 Å². The third kappa shape index (κ3) is 3.70. The average Bonchev–Trinajstić information content (AvgIpc) is 2.99. The first-order valence-electron chi connectivity index (χ1n) is 8.20. The second kappa shape index (κ2) is 7.54. The zero-order valence-electron chi connectivity index (χ0n) is 13.7. The van der Waals surface area contributed by atoms with E-state index in [2.05, 4.69) is 0 Å². The number of carbonyl (C=O) groups is 1. The molecular weight excluding hydrogens is 340 g/mol. The second-order valence-electron chi connectivity index (χ2n) is 6.30. The SMILES string of the molecule is NC(=O)C1CC(O)CN1[C@@H](CO)c1ccc(-c2ccccc2Cl)cc1.